The van der Waals surface area contributed by atoms with Crippen LogP contribution in [-0.2, 0) is 22.4 Å². The molecule has 6 nitrogen and oxygen atoms in total. The molecular weight excluding hydrogens is 356 g/mol. The third kappa shape index (κ3) is 5.42. The number of carbonyl (C=O) groups excluding carboxylic acids is 2. The fourth-order valence-electron chi connectivity index (χ4n) is 3.44. The largest absolute Gasteiger partial charge is 0.478 e. The Balaban J connectivity index is 1.45. The van der Waals surface area contributed by atoms with Gasteiger partial charge in [-0.15, -0.1) is 0 Å². The quantitative estimate of drug-likeness (QED) is 0.772. The normalized spacial score (nSPS) is 16.0. The summed E-state index contributed by atoms with van der Waals surface area (Å²) in [6, 6.07) is 16.2. The molecule has 1 heterocycles. The summed E-state index contributed by atoms with van der Waals surface area (Å²) in [5.74, 6) is -1.07. The Kier molecular flexibility index (Phi) is 6.42. The lowest BCUT2D eigenvalue weighted by Crippen LogP contribution is -2.39. The number of amides is 2. The van der Waals surface area contributed by atoms with Gasteiger partial charge in [0, 0.05) is 25.6 Å². The molecule has 0 aliphatic carbocycles. The third-order valence-electron chi connectivity index (χ3n) is 4.92. The molecular formula is C22H24N2O4. The molecule has 1 fully saturated rings. The highest BCUT2D eigenvalue weighted by Gasteiger charge is 2.27. The van der Waals surface area contributed by atoms with Crippen molar-refractivity contribution in [2.45, 2.75) is 31.7 Å². The van der Waals surface area contributed by atoms with Gasteiger partial charge in [-0.05, 0) is 36.1 Å². The van der Waals surface area contributed by atoms with Crippen LogP contribution in [0.1, 0.15) is 34.3 Å². The lowest BCUT2D eigenvalue weighted by molar-refractivity contribution is -0.130. The van der Waals surface area contributed by atoms with Gasteiger partial charge in [-0.1, -0.05) is 42.5 Å². The number of hydrogen-bond acceptors (Lipinski definition) is 3. The van der Waals surface area contributed by atoms with Gasteiger partial charge < -0.3 is 15.3 Å². The number of carboxylic acids is 1. The minimum absolute atomic E-state index is 0.0594. The molecule has 0 spiro atoms. The first-order valence-electron chi connectivity index (χ1n) is 9.44. The number of aryl methyl sites for hydroxylation is 1. The summed E-state index contributed by atoms with van der Waals surface area (Å²) in [6.45, 7) is 1.17. The van der Waals surface area contributed by atoms with Crippen molar-refractivity contribution in [1.29, 1.82) is 0 Å². The van der Waals surface area contributed by atoms with Crippen molar-refractivity contribution >= 4 is 17.8 Å². The molecule has 0 radical (unpaired) electrons. The number of carboxylic acid groups (broad SMARTS) is 1. The second kappa shape index (κ2) is 9.17. The van der Waals surface area contributed by atoms with E-state index in [4.69, 9.17) is 5.11 Å². The molecule has 3 rings (SSSR count). The number of rotatable bonds is 7. The molecule has 0 bridgehead atoms. The van der Waals surface area contributed by atoms with E-state index in [9.17, 15) is 14.4 Å². The summed E-state index contributed by atoms with van der Waals surface area (Å²) < 4.78 is 0. The average molecular weight is 380 g/mol. The molecule has 2 N–H and O–H groups in total. The maximum absolute atomic E-state index is 12.4. The van der Waals surface area contributed by atoms with Crippen LogP contribution in [0.4, 0.5) is 0 Å². The van der Waals surface area contributed by atoms with Crippen LogP contribution in [0.2, 0.25) is 0 Å². The SMILES string of the molecule is O=C(Cc1cccc(C(=O)O)c1)NC1CCN(C(=O)CCc2ccccc2)C1. The van der Waals surface area contributed by atoms with Gasteiger partial charge in [0.05, 0.1) is 12.0 Å². The van der Waals surface area contributed by atoms with Gasteiger partial charge in [0.2, 0.25) is 11.8 Å². The monoisotopic (exact) mass is 380 g/mol. The summed E-state index contributed by atoms with van der Waals surface area (Å²) in [5, 5.41) is 12.0. The molecule has 1 atom stereocenters. The Morgan fingerprint density at radius 1 is 1.04 bits per heavy atom. The van der Waals surface area contributed by atoms with Gasteiger partial charge >= 0.3 is 5.97 Å². The second-order valence-electron chi connectivity index (χ2n) is 7.06. The summed E-state index contributed by atoms with van der Waals surface area (Å²) in [4.78, 5) is 37.5. The molecule has 2 amide bonds. The van der Waals surface area contributed by atoms with E-state index in [0.29, 0.717) is 31.5 Å². The number of nitrogens with zero attached hydrogens (tertiary/aromatic N) is 1. The number of aromatic carboxylic acids is 1. The first kappa shape index (κ1) is 19.6. The van der Waals surface area contributed by atoms with Crippen molar-refractivity contribution in [3.05, 3.63) is 71.3 Å². The lowest BCUT2D eigenvalue weighted by Gasteiger charge is -2.17. The van der Waals surface area contributed by atoms with Gasteiger partial charge in [-0.3, -0.25) is 9.59 Å². The van der Waals surface area contributed by atoms with E-state index in [-0.39, 0.29) is 29.8 Å². The third-order valence-corrected chi connectivity index (χ3v) is 4.92. The molecule has 2 aromatic carbocycles. The number of carbonyl (C=O) groups is 3. The van der Waals surface area contributed by atoms with Crippen molar-refractivity contribution < 1.29 is 19.5 Å². The first-order chi connectivity index (χ1) is 13.5. The first-order valence-corrected chi connectivity index (χ1v) is 9.44. The van der Waals surface area contributed by atoms with Gasteiger partial charge in [0.1, 0.15) is 0 Å². The summed E-state index contributed by atoms with van der Waals surface area (Å²) in [6.07, 6.45) is 2.04. The van der Waals surface area contributed by atoms with Crippen LogP contribution in [0.5, 0.6) is 0 Å². The fourth-order valence-corrected chi connectivity index (χ4v) is 3.44. The van der Waals surface area contributed by atoms with Crippen molar-refractivity contribution in [3.8, 4) is 0 Å². The standard InChI is InChI=1S/C22H24N2O4/c25-20(14-17-7-4-8-18(13-17)22(27)28)23-19-11-12-24(15-19)21(26)10-9-16-5-2-1-3-6-16/h1-8,13,19H,9-12,14-15H2,(H,23,25)(H,27,28). The van der Waals surface area contributed by atoms with Gasteiger partial charge in [-0.25, -0.2) is 4.79 Å². The Morgan fingerprint density at radius 3 is 2.54 bits per heavy atom. The maximum Gasteiger partial charge on any atom is 0.335 e. The van der Waals surface area contributed by atoms with Gasteiger partial charge in [0.25, 0.3) is 0 Å². The van der Waals surface area contributed by atoms with Crippen LogP contribution in [-0.4, -0.2) is 46.9 Å². The van der Waals surface area contributed by atoms with E-state index in [2.05, 4.69) is 5.32 Å². The highest BCUT2D eigenvalue weighted by molar-refractivity contribution is 5.88. The molecule has 1 unspecified atom stereocenters. The molecule has 0 saturated carbocycles. The maximum atomic E-state index is 12.4. The summed E-state index contributed by atoms with van der Waals surface area (Å²) in [5.41, 5.74) is 1.97. The lowest BCUT2D eigenvalue weighted by atomic mass is 10.1. The molecule has 1 saturated heterocycles. The molecule has 1 aliphatic heterocycles. The molecule has 1 aliphatic rings. The Hall–Kier alpha value is -3.15. The summed E-state index contributed by atoms with van der Waals surface area (Å²) >= 11 is 0. The highest BCUT2D eigenvalue weighted by Crippen LogP contribution is 2.13. The van der Waals surface area contributed by atoms with Crippen LogP contribution in [0.15, 0.2) is 54.6 Å². The van der Waals surface area contributed by atoms with E-state index in [1.807, 2.05) is 30.3 Å². The Labute approximate surface area is 164 Å². The van der Waals surface area contributed by atoms with Crippen molar-refractivity contribution in [3.63, 3.8) is 0 Å². The van der Waals surface area contributed by atoms with E-state index in [1.165, 1.54) is 12.1 Å². The Morgan fingerprint density at radius 2 is 1.79 bits per heavy atom. The van der Waals surface area contributed by atoms with Crippen LogP contribution in [0.25, 0.3) is 0 Å². The van der Waals surface area contributed by atoms with Crippen LogP contribution < -0.4 is 5.32 Å². The van der Waals surface area contributed by atoms with E-state index >= 15 is 0 Å². The average Bonchev–Trinajstić information content (AvgIpc) is 3.15. The van der Waals surface area contributed by atoms with Gasteiger partial charge in [0.15, 0.2) is 0 Å². The molecule has 6 heteroatoms. The minimum atomic E-state index is -1.01. The van der Waals surface area contributed by atoms with Crippen LogP contribution >= 0.6 is 0 Å². The zero-order chi connectivity index (χ0) is 19.9. The molecule has 146 valence electrons. The number of nitrogens with one attached hydrogen (secondary N) is 1. The molecule has 0 aromatic heterocycles. The van der Waals surface area contributed by atoms with Crippen molar-refractivity contribution in [2.24, 2.45) is 0 Å². The van der Waals surface area contributed by atoms with E-state index < -0.39 is 5.97 Å². The molecule has 2 aromatic rings. The zero-order valence-electron chi connectivity index (χ0n) is 15.6. The number of likely N-dealkylation sites (tertiary alicyclic amines) is 1. The molecule has 28 heavy (non-hydrogen) atoms. The van der Waals surface area contributed by atoms with Crippen LogP contribution in [0, 0.1) is 0 Å². The minimum Gasteiger partial charge on any atom is -0.478 e. The smallest absolute Gasteiger partial charge is 0.335 e. The Bertz CT molecular complexity index is 851. The predicted octanol–water partition coefficient (Wildman–Crippen LogP) is 2.28. The zero-order valence-corrected chi connectivity index (χ0v) is 15.6. The van der Waals surface area contributed by atoms with E-state index in [1.54, 1.807) is 17.0 Å². The van der Waals surface area contributed by atoms with Crippen molar-refractivity contribution in [1.82, 2.24) is 10.2 Å². The highest BCUT2D eigenvalue weighted by atomic mass is 16.4. The van der Waals surface area contributed by atoms with Crippen molar-refractivity contribution in [2.75, 3.05) is 13.1 Å². The summed E-state index contributed by atoms with van der Waals surface area (Å²) in [7, 11) is 0. The number of benzene rings is 2. The fraction of sp³-hybridized carbons (Fsp3) is 0.318. The predicted molar refractivity (Wildman–Crippen MR) is 105 cm³/mol. The number of hydrogen-bond donors (Lipinski definition) is 2. The topological polar surface area (TPSA) is 86.7 Å². The van der Waals surface area contributed by atoms with Gasteiger partial charge in [-0.2, -0.15) is 0 Å². The van der Waals surface area contributed by atoms with E-state index in [0.717, 1.165) is 12.0 Å². The van der Waals surface area contributed by atoms with Crippen LogP contribution in [0.3, 0.4) is 0 Å². The second-order valence-corrected chi connectivity index (χ2v) is 7.06.